The number of anilines is 2. The fourth-order valence-corrected chi connectivity index (χ4v) is 3.71. The van der Waals surface area contributed by atoms with Gasteiger partial charge in [-0.25, -0.2) is 0 Å². The molecule has 1 aliphatic heterocycles. The number of benzene rings is 1. The number of rotatable bonds is 4. The lowest BCUT2D eigenvalue weighted by atomic mass is 9.94. The van der Waals surface area contributed by atoms with Gasteiger partial charge in [-0.2, -0.15) is 0 Å². The van der Waals surface area contributed by atoms with E-state index < -0.39 is 0 Å². The van der Waals surface area contributed by atoms with Crippen molar-refractivity contribution in [3.8, 4) is 0 Å². The van der Waals surface area contributed by atoms with Crippen LogP contribution in [0.2, 0.25) is 5.02 Å². The Morgan fingerprint density at radius 2 is 1.79 bits per heavy atom. The molecule has 6 nitrogen and oxygen atoms in total. The largest absolute Gasteiger partial charge is 0.367 e. The van der Waals surface area contributed by atoms with Gasteiger partial charge in [0.2, 0.25) is 11.8 Å². The summed E-state index contributed by atoms with van der Waals surface area (Å²) in [5.74, 6) is 0.337. The molecule has 1 heterocycles. The topological polar surface area (TPSA) is 64.7 Å². The molecule has 0 saturated carbocycles. The molecule has 2 N–H and O–H groups in total. The quantitative estimate of drug-likeness (QED) is 0.698. The van der Waals surface area contributed by atoms with E-state index in [0.29, 0.717) is 24.5 Å². The minimum absolute atomic E-state index is 0.108. The third-order valence-corrected chi connectivity index (χ3v) is 5.11. The van der Waals surface area contributed by atoms with Crippen LogP contribution in [-0.4, -0.2) is 48.0 Å². The van der Waals surface area contributed by atoms with Gasteiger partial charge in [0.15, 0.2) is 5.11 Å². The van der Waals surface area contributed by atoms with Crippen LogP contribution in [0.3, 0.4) is 0 Å². The van der Waals surface area contributed by atoms with Gasteiger partial charge in [-0.15, -0.1) is 0 Å². The van der Waals surface area contributed by atoms with Crippen molar-refractivity contribution in [1.82, 2.24) is 10.2 Å². The minimum Gasteiger partial charge on any atom is -0.367 e. The molecule has 1 aromatic rings. The van der Waals surface area contributed by atoms with Gasteiger partial charge in [0, 0.05) is 43.7 Å². The van der Waals surface area contributed by atoms with Crippen molar-refractivity contribution in [2.75, 3.05) is 36.4 Å². The Labute approximate surface area is 184 Å². The number of piperazine rings is 1. The third-order valence-electron chi connectivity index (χ3n) is 4.60. The average molecular weight is 439 g/mol. The van der Waals surface area contributed by atoms with Crippen LogP contribution in [0.25, 0.3) is 0 Å². The van der Waals surface area contributed by atoms with Gasteiger partial charge in [0.1, 0.15) is 0 Å². The summed E-state index contributed by atoms with van der Waals surface area (Å²) in [4.78, 5) is 28.4. The van der Waals surface area contributed by atoms with Crippen molar-refractivity contribution in [3.05, 3.63) is 23.2 Å². The second-order valence-corrected chi connectivity index (χ2v) is 9.61. The molecule has 1 aromatic carbocycles. The molecule has 0 atom stereocenters. The Balaban J connectivity index is 1.94. The van der Waals surface area contributed by atoms with Crippen LogP contribution < -0.4 is 15.5 Å². The van der Waals surface area contributed by atoms with Gasteiger partial charge in [-0.3, -0.25) is 9.59 Å². The van der Waals surface area contributed by atoms with Crippen LogP contribution in [0.4, 0.5) is 11.4 Å². The summed E-state index contributed by atoms with van der Waals surface area (Å²) in [5.41, 5.74) is 1.28. The normalized spacial score (nSPS) is 14.7. The van der Waals surface area contributed by atoms with Gasteiger partial charge >= 0.3 is 0 Å². The maximum absolute atomic E-state index is 12.4. The van der Waals surface area contributed by atoms with E-state index in [4.69, 9.17) is 23.8 Å². The SMILES string of the molecule is CC(C)CC(=O)NC(=S)Nc1ccc(N2CCN(C(=O)C(C)(C)C)CC2)c(Cl)c1. The first kappa shape index (κ1) is 23.4. The molecule has 1 aliphatic rings. The van der Waals surface area contributed by atoms with Crippen molar-refractivity contribution in [3.63, 3.8) is 0 Å². The van der Waals surface area contributed by atoms with E-state index >= 15 is 0 Å². The number of nitrogens with zero attached hydrogens (tertiary/aromatic N) is 2. The summed E-state index contributed by atoms with van der Waals surface area (Å²) in [6.45, 7) is 12.6. The number of hydrogen-bond acceptors (Lipinski definition) is 4. The van der Waals surface area contributed by atoms with Crippen LogP contribution in [0.15, 0.2) is 18.2 Å². The van der Waals surface area contributed by atoms with E-state index in [9.17, 15) is 9.59 Å². The minimum atomic E-state index is -0.365. The monoisotopic (exact) mass is 438 g/mol. The van der Waals surface area contributed by atoms with Crippen molar-refractivity contribution >= 4 is 52.1 Å². The van der Waals surface area contributed by atoms with Crippen LogP contribution in [0, 0.1) is 11.3 Å². The van der Waals surface area contributed by atoms with Crippen LogP contribution >= 0.6 is 23.8 Å². The lowest BCUT2D eigenvalue weighted by Crippen LogP contribution is -2.51. The van der Waals surface area contributed by atoms with Crippen LogP contribution in [0.5, 0.6) is 0 Å². The Bertz CT molecular complexity index is 768. The highest BCUT2D eigenvalue weighted by Crippen LogP contribution is 2.30. The van der Waals surface area contributed by atoms with Crippen molar-refractivity contribution in [2.45, 2.75) is 41.0 Å². The first-order valence-electron chi connectivity index (χ1n) is 9.92. The molecule has 2 rings (SSSR count). The Kier molecular flexibility index (Phi) is 7.88. The highest BCUT2D eigenvalue weighted by Gasteiger charge is 2.30. The van der Waals surface area contributed by atoms with E-state index in [1.54, 1.807) is 6.07 Å². The molecule has 1 saturated heterocycles. The van der Waals surface area contributed by atoms with Gasteiger partial charge in [0.25, 0.3) is 0 Å². The number of amides is 2. The highest BCUT2D eigenvalue weighted by molar-refractivity contribution is 7.80. The predicted molar refractivity (Wildman–Crippen MR) is 124 cm³/mol. The fourth-order valence-electron chi connectivity index (χ4n) is 3.18. The Hall–Kier alpha value is -1.86. The van der Waals surface area contributed by atoms with Crippen molar-refractivity contribution in [1.29, 1.82) is 0 Å². The van der Waals surface area contributed by atoms with E-state index in [0.717, 1.165) is 24.5 Å². The Morgan fingerprint density at radius 3 is 2.31 bits per heavy atom. The fraction of sp³-hybridized carbons (Fsp3) is 0.571. The maximum Gasteiger partial charge on any atom is 0.228 e. The molecular formula is C21H31ClN4O2S. The molecule has 160 valence electrons. The first-order valence-corrected chi connectivity index (χ1v) is 10.7. The molecule has 0 spiro atoms. The van der Waals surface area contributed by atoms with Crippen LogP contribution in [-0.2, 0) is 9.59 Å². The molecule has 2 amide bonds. The zero-order chi connectivity index (χ0) is 21.8. The van der Waals surface area contributed by atoms with Gasteiger partial charge < -0.3 is 20.4 Å². The van der Waals surface area contributed by atoms with Crippen molar-refractivity contribution in [2.24, 2.45) is 11.3 Å². The highest BCUT2D eigenvalue weighted by atomic mass is 35.5. The summed E-state index contributed by atoms with van der Waals surface area (Å²) >= 11 is 11.7. The number of carbonyl (C=O) groups excluding carboxylic acids is 2. The number of nitrogens with one attached hydrogen (secondary N) is 2. The summed E-state index contributed by atoms with van der Waals surface area (Å²) in [7, 11) is 0. The molecule has 8 heteroatoms. The average Bonchev–Trinajstić information content (AvgIpc) is 2.59. The number of carbonyl (C=O) groups is 2. The third kappa shape index (κ3) is 6.85. The zero-order valence-electron chi connectivity index (χ0n) is 17.8. The number of thiocarbonyl (C=S) groups is 1. The van der Waals surface area contributed by atoms with Crippen LogP contribution in [0.1, 0.15) is 41.0 Å². The van der Waals surface area contributed by atoms with Gasteiger partial charge in [-0.05, 0) is 36.3 Å². The zero-order valence-corrected chi connectivity index (χ0v) is 19.4. The van der Waals surface area contributed by atoms with E-state index in [1.807, 2.05) is 51.7 Å². The van der Waals surface area contributed by atoms with E-state index in [2.05, 4.69) is 15.5 Å². The lowest BCUT2D eigenvalue weighted by Gasteiger charge is -2.39. The van der Waals surface area contributed by atoms with E-state index in [-0.39, 0.29) is 28.3 Å². The van der Waals surface area contributed by atoms with Gasteiger partial charge in [0.05, 0.1) is 10.7 Å². The summed E-state index contributed by atoms with van der Waals surface area (Å²) in [5, 5.41) is 6.53. The number of hydrogen-bond donors (Lipinski definition) is 2. The van der Waals surface area contributed by atoms with Crippen molar-refractivity contribution < 1.29 is 9.59 Å². The first-order chi connectivity index (χ1) is 13.5. The standard InChI is InChI=1S/C21H31ClN4O2S/c1-14(2)12-18(27)24-20(29)23-15-6-7-17(16(22)13-15)25-8-10-26(11-9-25)19(28)21(3,4)5/h6-7,13-14H,8-12H2,1-5H3,(H2,23,24,27,29). The molecule has 0 unspecified atom stereocenters. The van der Waals surface area contributed by atoms with Gasteiger partial charge in [-0.1, -0.05) is 46.2 Å². The molecule has 0 aromatic heterocycles. The predicted octanol–water partition coefficient (Wildman–Crippen LogP) is 3.89. The molecular weight excluding hydrogens is 408 g/mol. The maximum atomic E-state index is 12.4. The summed E-state index contributed by atoms with van der Waals surface area (Å²) < 4.78 is 0. The second kappa shape index (κ2) is 9.76. The molecule has 0 bridgehead atoms. The molecule has 1 fully saturated rings. The Morgan fingerprint density at radius 1 is 1.17 bits per heavy atom. The molecule has 29 heavy (non-hydrogen) atoms. The molecule has 0 aliphatic carbocycles. The van der Waals surface area contributed by atoms with E-state index in [1.165, 1.54) is 0 Å². The lowest BCUT2D eigenvalue weighted by molar-refractivity contribution is -0.139. The second-order valence-electron chi connectivity index (χ2n) is 8.80. The summed E-state index contributed by atoms with van der Waals surface area (Å²) in [6.07, 6.45) is 0.422. The number of halogens is 1. The molecule has 0 radical (unpaired) electrons. The summed E-state index contributed by atoms with van der Waals surface area (Å²) in [6, 6.07) is 5.61. The smallest absolute Gasteiger partial charge is 0.228 e.